The lowest BCUT2D eigenvalue weighted by Crippen LogP contribution is -2.31. The molecule has 7 nitrogen and oxygen atoms in total. The van der Waals surface area contributed by atoms with Crippen molar-refractivity contribution in [1.29, 1.82) is 0 Å². The van der Waals surface area contributed by atoms with Gasteiger partial charge in [-0.1, -0.05) is 42.1 Å². The van der Waals surface area contributed by atoms with Gasteiger partial charge in [-0.25, -0.2) is 14.8 Å². The number of fused-ring (bicyclic) bond motifs is 1. The second kappa shape index (κ2) is 9.61. The van der Waals surface area contributed by atoms with Crippen molar-refractivity contribution in [3.8, 4) is 0 Å². The smallest absolute Gasteiger partial charge is 0.337 e. The number of carbonyl (C=O) groups is 2. The first-order chi connectivity index (χ1) is 15.1. The molecule has 1 N–H and O–H groups in total. The van der Waals surface area contributed by atoms with Crippen molar-refractivity contribution in [3.05, 3.63) is 77.5 Å². The molecule has 8 heteroatoms. The number of ether oxygens (including phenoxy) is 1. The Morgan fingerprint density at radius 1 is 1.13 bits per heavy atom. The molecule has 1 aromatic heterocycles. The molecule has 0 aliphatic carbocycles. The summed E-state index contributed by atoms with van der Waals surface area (Å²) >= 11 is 1.27. The third-order valence-electron chi connectivity index (χ3n) is 4.97. The molecule has 0 radical (unpaired) electrons. The number of hydrogen-bond acceptors (Lipinski definition) is 7. The summed E-state index contributed by atoms with van der Waals surface area (Å²) in [6.07, 6.45) is 2.71. The first kappa shape index (κ1) is 20.9. The molecule has 3 aromatic rings. The van der Waals surface area contributed by atoms with Gasteiger partial charge in [-0.15, -0.1) is 0 Å². The number of benzene rings is 2. The molecule has 1 amide bonds. The largest absolute Gasteiger partial charge is 0.465 e. The molecule has 2 aromatic carbocycles. The summed E-state index contributed by atoms with van der Waals surface area (Å²) in [4.78, 5) is 35.1. The van der Waals surface area contributed by atoms with Crippen molar-refractivity contribution in [1.82, 2.24) is 9.97 Å². The number of nitrogens with one attached hydrogen (secondary N) is 1. The van der Waals surface area contributed by atoms with Crippen LogP contribution in [0.3, 0.4) is 0 Å². The minimum Gasteiger partial charge on any atom is -0.465 e. The zero-order valence-corrected chi connectivity index (χ0v) is 17.9. The van der Waals surface area contributed by atoms with Gasteiger partial charge >= 0.3 is 5.97 Å². The van der Waals surface area contributed by atoms with Gasteiger partial charge in [0.25, 0.3) is 0 Å². The van der Waals surface area contributed by atoms with E-state index < -0.39 is 5.97 Å². The van der Waals surface area contributed by atoms with Gasteiger partial charge in [0, 0.05) is 25.0 Å². The van der Waals surface area contributed by atoms with Crippen LogP contribution in [0, 0.1) is 0 Å². The van der Waals surface area contributed by atoms with E-state index in [0.717, 1.165) is 25.3 Å². The Morgan fingerprint density at radius 3 is 2.81 bits per heavy atom. The number of aromatic nitrogens is 2. The average Bonchev–Trinajstić information content (AvgIpc) is 2.82. The highest BCUT2D eigenvalue weighted by Gasteiger charge is 2.18. The number of rotatable bonds is 6. The summed E-state index contributed by atoms with van der Waals surface area (Å²) in [6, 6.07) is 17.0. The maximum Gasteiger partial charge on any atom is 0.337 e. The van der Waals surface area contributed by atoms with Crippen molar-refractivity contribution in [2.24, 2.45) is 0 Å². The van der Waals surface area contributed by atoms with Crippen molar-refractivity contribution in [3.63, 3.8) is 0 Å². The number of anilines is 2. The Kier molecular flexibility index (Phi) is 6.47. The Balaban J connectivity index is 1.35. The van der Waals surface area contributed by atoms with Crippen LogP contribution in [0.4, 0.5) is 11.5 Å². The van der Waals surface area contributed by atoms with E-state index in [1.165, 1.54) is 30.0 Å². The molecular weight excluding hydrogens is 412 g/mol. The predicted molar refractivity (Wildman–Crippen MR) is 120 cm³/mol. The Hall–Kier alpha value is -3.39. The second-order valence-electron chi connectivity index (χ2n) is 7.05. The van der Waals surface area contributed by atoms with Crippen molar-refractivity contribution in [2.75, 3.05) is 29.6 Å². The molecule has 4 rings (SSSR count). The summed E-state index contributed by atoms with van der Waals surface area (Å²) < 4.78 is 4.71. The van der Waals surface area contributed by atoms with Crippen LogP contribution in [0.15, 0.2) is 66.0 Å². The van der Waals surface area contributed by atoms with E-state index in [9.17, 15) is 9.59 Å². The van der Waals surface area contributed by atoms with Gasteiger partial charge in [-0.05, 0) is 41.8 Å². The van der Waals surface area contributed by atoms with E-state index in [-0.39, 0.29) is 11.7 Å². The van der Waals surface area contributed by atoms with E-state index in [1.54, 1.807) is 30.5 Å². The Labute approximate surface area is 184 Å². The summed E-state index contributed by atoms with van der Waals surface area (Å²) in [6.45, 7) is 1.71. The van der Waals surface area contributed by atoms with Crippen LogP contribution in [-0.2, 0) is 22.5 Å². The Morgan fingerprint density at radius 2 is 1.97 bits per heavy atom. The number of hydrogen-bond donors (Lipinski definition) is 1. The third kappa shape index (κ3) is 5.21. The summed E-state index contributed by atoms with van der Waals surface area (Å²) in [5.41, 5.74) is 3.62. The molecule has 31 heavy (non-hydrogen) atoms. The quantitative estimate of drug-likeness (QED) is 0.361. The molecule has 0 spiro atoms. The van der Waals surface area contributed by atoms with Gasteiger partial charge in [0.1, 0.15) is 5.82 Å². The summed E-state index contributed by atoms with van der Waals surface area (Å²) in [7, 11) is 1.32. The highest BCUT2D eigenvalue weighted by Crippen LogP contribution is 2.24. The number of nitrogens with zero attached hydrogens (tertiary/aromatic N) is 3. The van der Waals surface area contributed by atoms with Crippen LogP contribution in [-0.4, -0.2) is 41.3 Å². The number of thioether (sulfide) groups is 1. The van der Waals surface area contributed by atoms with E-state index in [1.807, 2.05) is 6.07 Å². The second-order valence-corrected chi connectivity index (χ2v) is 7.99. The SMILES string of the molecule is COC(=O)c1cccc(NC(=O)CSc2nccc(N3CCc4ccccc4C3)n2)c1. The van der Waals surface area contributed by atoms with Gasteiger partial charge in [-0.3, -0.25) is 4.79 Å². The number of esters is 1. The summed E-state index contributed by atoms with van der Waals surface area (Å²) in [5, 5.41) is 3.34. The fraction of sp³-hybridized carbons (Fsp3) is 0.217. The first-order valence-corrected chi connectivity index (χ1v) is 10.9. The lowest BCUT2D eigenvalue weighted by molar-refractivity contribution is -0.113. The van der Waals surface area contributed by atoms with E-state index in [0.29, 0.717) is 16.4 Å². The van der Waals surface area contributed by atoms with Crippen LogP contribution >= 0.6 is 11.8 Å². The fourth-order valence-electron chi connectivity index (χ4n) is 3.44. The fourth-order valence-corrected chi connectivity index (χ4v) is 4.06. The van der Waals surface area contributed by atoms with Gasteiger partial charge in [-0.2, -0.15) is 0 Å². The molecular formula is C23H22N4O3S. The van der Waals surface area contributed by atoms with Gasteiger partial charge in [0.05, 0.1) is 18.4 Å². The van der Waals surface area contributed by atoms with Gasteiger partial charge in [0.15, 0.2) is 5.16 Å². The van der Waals surface area contributed by atoms with Crippen LogP contribution < -0.4 is 10.2 Å². The molecule has 1 aliphatic rings. The average molecular weight is 435 g/mol. The van der Waals surface area contributed by atoms with Gasteiger partial charge < -0.3 is 15.0 Å². The van der Waals surface area contributed by atoms with Crippen LogP contribution in [0.5, 0.6) is 0 Å². The van der Waals surface area contributed by atoms with Crippen LogP contribution in [0.1, 0.15) is 21.5 Å². The maximum absolute atomic E-state index is 12.3. The third-order valence-corrected chi connectivity index (χ3v) is 5.83. The number of amides is 1. The standard InChI is InChI=1S/C23H22N4O3S/c1-30-22(29)17-7-4-8-19(13-17)25-21(28)15-31-23-24-11-9-20(26-23)27-12-10-16-5-2-3-6-18(16)14-27/h2-9,11,13H,10,12,14-15H2,1H3,(H,25,28). The monoisotopic (exact) mass is 434 g/mol. The van der Waals surface area contributed by atoms with Crippen molar-refractivity contribution < 1.29 is 14.3 Å². The van der Waals surface area contributed by atoms with Gasteiger partial charge in [0.2, 0.25) is 5.91 Å². The highest BCUT2D eigenvalue weighted by atomic mass is 32.2. The molecule has 0 fully saturated rings. The van der Waals surface area contributed by atoms with E-state index >= 15 is 0 Å². The molecule has 0 atom stereocenters. The molecule has 158 valence electrons. The number of carbonyl (C=O) groups excluding carboxylic acids is 2. The first-order valence-electron chi connectivity index (χ1n) is 9.88. The van der Waals surface area contributed by atoms with E-state index in [2.05, 4.69) is 44.5 Å². The molecule has 0 unspecified atom stereocenters. The molecule has 2 heterocycles. The Bertz CT molecular complexity index is 1110. The molecule has 0 saturated carbocycles. The molecule has 0 saturated heterocycles. The van der Waals surface area contributed by atoms with Crippen molar-refractivity contribution in [2.45, 2.75) is 18.1 Å². The molecule has 1 aliphatic heterocycles. The maximum atomic E-state index is 12.3. The molecule has 0 bridgehead atoms. The zero-order valence-electron chi connectivity index (χ0n) is 17.1. The lowest BCUT2D eigenvalue weighted by Gasteiger charge is -2.29. The topological polar surface area (TPSA) is 84.4 Å². The van der Waals surface area contributed by atoms with Crippen LogP contribution in [0.25, 0.3) is 0 Å². The normalized spacial score (nSPS) is 12.7. The minimum atomic E-state index is -0.448. The van der Waals surface area contributed by atoms with E-state index in [4.69, 9.17) is 4.74 Å². The summed E-state index contributed by atoms with van der Waals surface area (Å²) in [5.74, 6) is 0.372. The van der Waals surface area contributed by atoms with Crippen LogP contribution in [0.2, 0.25) is 0 Å². The minimum absolute atomic E-state index is 0.161. The van der Waals surface area contributed by atoms with Crippen molar-refractivity contribution >= 4 is 35.1 Å². The zero-order chi connectivity index (χ0) is 21.6. The lowest BCUT2D eigenvalue weighted by atomic mass is 10.00. The highest BCUT2D eigenvalue weighted by molar-refractivity contribution is 7.99. The predicted octanol–water partition coefficient (Wildman–Crippen LogP) is 3.56. The number of methoxy groups -OCH3 is 1.